The van der Waals surface area contributed by atoms with Gasteiger partial charge in [-0.2, -0.15) is 0 Å². The van der Waals surface area contributed by atoms with E-state index in [1.54, 1.807) is 7.11 Å². The number of rotatable bonds is 13. The second-order valence-corrected chi connectivity index (χ2v) is 3.62. The number of ether oxygens (including phenoxy) is 5. The lowest BCUT2D eigenvalue weighted by molar-refractivity contribution is -0.142. The van der Waals surface area contributed by atoms with Crippen LogP contribution in [0.1, 0.15) is 6.92 Å². The number of aliphatic hydroxyl groups is 2. The van der Waals surface area contributed by atoms with Gasteiger partial charge >= 0.3 is 5.97 Å². The maximum absolute atomic E-state index is 10.0. The van der Waals surface area contributed by atoms with Crippen LogP contribution < -0.4 is 0 Å². The number of aliphatic hydroxyl groups excluding tert-OH is 2. The zero-order chi connectivity index (χ0) is 16.2. The van der Waals surface area contributed by atoms with E-state index >= 15 is 0 Å². The van der Waals surface area contributed by atoms with E-state index in [1.165, 1.54) is 6.92 Å². The van der Waals surface area contributed by atoms with Crippen molar-refractivity contribution in [2.45, 2.75) is 6.92 Å². The summed E-state index contributed by atoms with van der Waals surface area (Å²) >= 11 is 0. The second-order valence-electron chi connectivity index (χ2n) is 3.62. The maximum Gasteiger partial charge on any atom is 0.302 e. The number of carbonyl (C=O) groups excluding carboxylic acids is 1. The Balaban J connectivity index is 0. The van der Waals surface area contributed by atoms with Gasteiger partial charge in [0.05, 0.1) is 59.5 Å². The Morgan fingerprint density at radius 2 is 1.19 bits per heavy atom. The lowest BCUT2D eigenvalue weighted by atomic mass is 10.7. The molecule has 128 valence electrons. The summed E-state index contributed by atoms with van der Waals surface area (Å²) in [6.07, 6.45) is 0. The molecule has 0 atom stereocenters. The minimum atomic E-state index is -0.262. The van der Waals surface area contributed by atoms with E-state index < -0.39 is 0 Å². The van der Waals surface area contributed by atoms with Gasteiger partial charge < -0.3 is 33.9 Å². The molecule has 21 heavy (non-hydrogen) atoms. The first kappa shape index (κ1) is 22.5. The molecule has 0 rings (SSSR count). The third kappa shape index (κ3) is 28.2. The molecule has 0 radical (unpaired) electrons. The highest BCUT2D eigenvalue weighted by atomic mass is 16.6. The molecule has 0 heterocycles. The molecule has 0 bridgehead atoms. The van der Waals surface area contributed by atoms with E-state index in [0.717, 1.165) is 0 Å². The van der Waals surface area contributed by atoms with Gasteiger partial charge in [0.1, 0.15) is 6.61 Å². The first-order valence-electron chi connectivity index (χ1n) is 6.76. The van der Waals surface area contributed by atoms with Gasteiger partial charge in [0.15, 0.2) is 0 Å². The molecule has 0 amide bonds. The summed E-state index contributed by atoms with van der Waals surface area (Å²) in [6, 6.07) is 0. The van der Waals surface area contributed by atoms with Gasteiger partial charge in [-0.3, -0.25) is 4.79 Å². The summed E-state index contributed by atoms with van der Waals surface area (Å²) in [6.45, 7) is 4.96. The first-order chi connectivity index (χ1) is 10.2. The van der Waals surface area contributed by atoms with Crippen LogP contribution in [0.4, 0.5) is 0 Å². The lowest BCUT2D eigenvalue weighted by Gasteiger charge is -2.04. The molecule has 8 nitrogen and oxygen atoms in total. The average Bonchev–Trinajstić information content (AvgIpc) is 2.46. The Morgan fingerprint density at radius 3 is 1.52 bits per heavy atom. The van der Waals surface area contributed by atoms with Gasteiger partial charge in [-0.1, -0.05) is 0 Å². The van der Waals surface area contributed by atoms with Crippen LogP contribution in [0.2, 0.25) is 0 Å². The van der Waals surface area contributed by atoms with Gasteiger partial charge in [0.25, 0.3) is 0 Å². The molecule has 0 aromatic rings. The van der Waals surface area contributed by atoms with Crippen molar-refractivity contribution in [3.8, 4) is 0 Å². The van der Waals surface area contributed by atoms with Crippen molar-refractivity contribution < 1.29 is 38.7 Å². The molecule has 8 heteroatoms. The number of methoxy groups -OCH3 is 1. The molecule has 0 aromatic heterocycles. The Labute approximate surface area is 125 Å². The zero-order valence-corrected chi connectivity index (χ0v) is 12.9. The second kappa shape index (κ2) is 21.5. The van der Waals surface area contributed by atoms with Crippen LogP contribution in [0.5, 0.6) is 0 Å². The normalized spacial score (nSPS) is 9.90. The number of carbonyl (C=O) groups is 1. The monoisotopic (exact) mass is 312 g/mol. The number of hydrogen-bond acceptors (Lipinski definition) is 8. The minimum absolute atomic E-state index is 0.0413. The molecule has 0 aliphatic heterocycles. The van der Waals surface area contributed by atoms with Crippen molar-refractivity contribution >= 4 is 5.97 Å². The van der Waals surface area contributed by atoms with E-state index in [0.29, 0.717) is 52.9 Å². The van der Waals surface area contributed by atoms with Crippen LogP contribution in [0.25, 0.3) is 0 Å². The predicted molar refractivity (Wildman–Crippen MR) is 75.1 cm³/mol. The smallest absolute Gasteiger partial charge is 0.302 e. The predicted octanol–water partition coefficient (Wildman–Crippen LogP) is -0.783. The van der Waals surface area contributed by atoms with Crippen LogP contribution in [-0.4, -0.2) is 89.4 Å². The highest BCUT2D eigenvalue weighted by Gasteiger charge is 1.90. The molecule has 0 aliphatic carbocycles. The standard InChI is InChI=1S/C8H18O5.C5H10O3/c9-1-3-11-5-7-13-8-6-12-4-2-10;1-5(6)8-4-3-7-2/h9-10H,1-8H2;3-4H2,1-2H3. The molecule has 0 spiro atoms. The van der Waals surface area contributed by atoms with E-state index in [1.807, 2.05) is 0 Å². The van der Waals surface area contributed by atoms with Gasteiger partial charge in [-0.05, 0) is 0 Å². The molecule has 0 aliphatic rings. The first-order valence-corrected chi connectivity index (χ1v) is 6.76. The largest absolute Gasteiger partial charge is 0.463 e. The molecule has 0 unspecified atom stereocenters. The van der Waals surface area contributed by atoms with Gasteiger partial charge in [0.2, 0.25) is 0 Å². The number of esters is 1. The summed E-state index contributed by atoms with van der Waals surface area (Å²) in [5.41, 5.74) is 0. The summed E-state index contributed by atoms with van der Waals surface area (Å²) in [4.78, 5) is 10.0. The van der Waals surface area contributed by atoms with Crippen LogP contribution in [-0.2, 0) is 28.5 Å². The SMILES string of the molecule is COCCOC(C)=O.OCCOCCOCCOCCO. The van der Waals surface area contributed by atoms with Gasteiger partial charge in [0, 0.05) is 14.0 Å². The molecule has 0 fully saturated rings. The zero-order valence-electron chi connectivity index (χ0n) is 12.9. The summed E-state index contributed by atoms with van der Waals surface area (Å²) in [5, 5.41) is 16.7. The maximum atomic E-state index is 10.0. The summed E-state index contributed by atoms with van der Waals surface area (Å²) < 4.78 is 24.2. The third-order valence-electron chi connectivity index (χ3n) is 1.81. The van der Waals surface area contributed by atoms with E-state index in [9.17, 15) is 4.79 Å². The Bertz CT molecular complexity index is 191. The third-order valence-corrected chi connectivity index (χ3v) is 1.81. The Morgan fingerprint density at radius 1 is 0.762 bits per heavy atom. The van der Waals surface area contributed by atoms with Gasteiger partial charge in [-0.15, -0.1) is 0 Å². The fourth-order valence-corrected chi connectivity index (χ4v) is 0.940. The summed E-state index contributed by atoms with van der Waals surface area (Å²) in [7, 11) is 1.56. The lowest BCUT2D eigenvalue weighted by Crippen LogP contribution is -2.11. The highest BCUT2D eigenvalue weighted by Crippen LogP contribution is 1.80. The van der Waals surface area contributed by atoms with Crippen molar-refractivity contribution in [1.29, 1.82) is 0 Å². The highest BCUT2D eigenvalue weighted by molar-refractivity contribution is 5.65. The minimum Gasteiger partial charge on any atom is -0.463 e. The van der Waals surface area contributed by atoms with Crippen molar-refractivity contribution in [2.24, 2.45) is 0 Å². The van der Waals surface area contributed by atoms with Crippen molar-refractivity contribution in [3.05, 3.63) is 0 Å². The molecule has 0 saturated carbocycles. The molecular formula is C13H28O8. The van der Waals surface area contributed by atoms with Gasteiger partial charge in [-0.25, -0.2) is 0 Å². The Hall–Kier alpha value is -0.770. The molecular weight excluding hydrogens is 284 g/mol. The molecule has 0 aromatic carbocycles. The van der Waals surface area contributed by atoms with E-state index in [2.05, 4.69) is 9.47 Å². The van der Waals surface area contributed by atoms with Crippen molar-refractivity contribution in [2.75, 3.05) is 73.2 Å². The Kier molecular flexibility index (Phi) is 23.1. The topological polar surface area (TPSA) is 104 Å². The van der Waals surface area contributed by atoms with E-state index in [4.69, 9.17) is 24.4 Å². The van der Waals surface area contributed by atoms with Crippen molar-refractivity contribution in [1.82, 2.24) is 0 Å². The van der Waals surface area contributed by atoms with Crippen LogP contribution in [0, 0.1) is 0 Å². The summed E-state index contributed by atoms with van der Waals surface area (Å²) in [5.74, 6) is -0.262. The molecule has 2 N–H and O–H groups in total. The van der Waals surface area contributed by atoms with Crippen LogP contribution in [0.3, 0.4) is 0 Å². The fourth-order valence-electron chi connectivity index (χ4n) is 0.940. The quantitative estimate of drug-likeness (QED) is 0.337. The van der Waals surface area contributed by atoms with Crippen molar-refractivity contribution in [3.63, 3.8) is 0 Å². The fraction of sp³-hybridized carbons (Fsp3) is 0.923. The van der Waals surface area contributed by atoms with E-state index in [-0.39, 0.29) is 19.2 Å². The average molecular weight is 312 g/mol. The van der Waals surface area contributed by atoms with Crippen LogP contribution in [0.15, 0.2) is 0 Å². The van der Waals surface area contributed by atoms with Crippen LogP contribution >= 0.6 is 0 Å². The number of hydrogen-bond donors (Lipinski definition) is 2. The molecule has 0 saturated heterocycles.